The van der Waals surface area contributed by atoms with Crippen molar-refractivity contribution in [1.29, 1.82) is 0 Å². The van der Waals surface area contributed by atoms with E-state index in [0.29, 0.717) is 6.54 Å². The van der Waals surface area contributed by atoms with Crippen LogP contribution in [0.2, 0.25) is 0 Å². The summed E-state index contributed by atoms with van der Waals surface area (Å²) < 4.78 is 0. The number of carbonyl (C=O) groups excluding carboxylic acids is 2. The molecule has 1 aliphatic heterocycles. The summed E-state index contributed by atoms with van der Waals surface area (Å²) >= 11 is 0. The number of nitrogens with zero attached hydrogens (tertiary/aromatic N) is 1. The average molecular weight is 322 g/mol. The van der Waals surface area contributed by atoms with Gasteiger partial charge in [-0.05, 0) is 56.2 Å². The van der Waals surface area contributed by atoms with Gasteiger partial charge in [0.2, 0.25) is 11.8 Å². The Morgan fingerprint density at radius 2 is 1.75 bits per heavy atom. The molecular weight excluding hydrogens is 300 g/mol. The zero-order valence-electron chi connectivity index (χ0n) is 14.3. The summed E-state index contributed by atoms with van der Waals surface area (Å²) in [4.78, 5) is 26.5. The molecule has 4 nitrogen and oxygen atoms in total. The lowest BCUT2D eigenvalue weighted by molar-refractivity contribution is -0.122. The van der Waals surface area contributed by atoms with Gasteiger partial charge in [0.15, 0.2) is 0 Å². The molecule has 1 saturated heterocycles. The van der Waals surface area contributed by atoms with Crippen LogP contribution in [0.15, 0.2) is 42.5 Å². The van der Waals surface area contributed by atoms with E-state index in [1.54, 1.807) is 4.90 Å². The van der Waals surface area contributed by atoms with Crippen LogP contribution in [0.25, 0.3) is 0 Å². The molecule has 0 bridgehead atoms. The molecule has 1 atom stereocenters. The molecule has 0 radical (unpaired) electrons. The van der Waals surface area contributed by atoms with Gasteiger partial charge < -0.3 is 10.2 Å². The van der Waals surface area contributed by atoms with Crippen molar-refractivity contribution in [3.63, 3.8) is 0 Å². The minimum absolute atomic E-state index is 0.000843. The second-order valence-electron chi connectivity index (χ2n) is 6.53. The lowest BCUT2D eigenvalue weighted by Gasteiger charge is -2.17. The highest BCUT2D eigenvalue weighted by molar-refractivity contribution is 6.03. The molecule has 4 heteroatoms. The first-order chi connectivity index (χ1) is 11.4. The molecule has 1 fully saturated rings. The summed E-state index contributed by atoms with van der Waals surface area (Å²) in [7, 11) is 0. The third kappa shape index (κ3) is 3.32. The predicted molar refractivity (Wildman–Crippen MR) is 96.2 cm³/mol. The van der Waals surface area contributed by atoms with Crippen molar-refractivity contribution >= 4 is 23.2 Å². The molecule has 0 aliphatic carbocycles. The Morgan fingerprint density at radius 3 is 2.42 bits per heavy atom. The van der Waals surface area contributed by atoms with Crippen molar-refractivity contribution in [3.8, 4) is 0 Å². The van der Waals surface area contributed by atoms with Crippen LogP contribution >= 0.6 is 0 Å². The molecule has 0 unspecified atom stereocenters. The van der Waals surface area contributed by atoms with Crippen LogP contribution in [0.1, 0.15) is 23.1 Å². The Kier molecular flexibility index (Phi) is 4.38. The molecule has 1 N–H and O–H groups in total. The maximum Gasteiger partial charge on any atom is 0.229 e. The van der Waals surface area contributed by atoms with Gasteiger partial charge in [-0.25, -0.2) is 0 Å². The smallest absolute Gasteiger partial charge is 0.229 e. The summed E-state index contributed by atoms with van der Waals surface area (Å²) in [6.45, 7) is 6.49. The lowest BCUT2D eigenvalue weighted by atomic mass is 10.1. The molecule has 2 amide bonds. The summed E-state index contributed by atoms with van der Waals surface area (Å²) in [5.74, 6) is -0.416. The highest BCUT2D eigenvalue weighted by atomic mass is 16.2. The van der Waals surface area contributed by atoms with Crippen molar-refractivity contribution < 1.29 is 9.59 Å². The van der Waals surface area contributed by atoms with Gasteiger partial charge in [-0.15, -0.1) is 0 Å². The molecule has 2 aromatic rings. The maximum atomic E-state index is 12.5. The van der Waals surface area contributed by atoms with Crippen LogP contribution in [0.3, 0.4) is 0 Å². The van der Waals surface area contributed by atoms with Gasteiger partial charge in [0, 0.05) is 24.3 Å². The van der Waals surface area contributed by atoms with E-state index in [0.717, 1.165) is 22.5 Å². The maximum absolute atomic E-state index is 12.5. The van der Waals surface area contributed by atoms with Crippen molar-refractivity contribution in [2.24, 2.45) is 5.92 Å². The quantitative estimate of drug-likeness (QED) is 0.938. The number of hydrogen-bond donors (Lipinski definition) is 1. The predicted octanol–water partition coefficient (Wildman–Crippen LogP) is 3.60. The van der Waals surface area contributed by atoms with Gasteiger partial charge in [0.05, 0.1) is 5.92 Å². The number of hydrogen-bond acceptors (Lipinski definition) is 2. The topological polar surface area (TPSA) is 49.4 Å². The van der Waals surface area contributed by atoms with Crippen molar-refractivity contribution in [1.82, 2.24) is 0 Å². The molecule has 3 rings (SSSR count). The largest absolute Gasteiger partial charge is 0.326 e. The van der Waals surface area contributed by atoms with E-state index >= 15 is 0 Å². The van der Waals surface area contributed by atoms with E-state index in [4.69, 9.17) is 0 Å². The van der Waals surface area contributed by atoms with Crippen LogP contribution in [-0.4, -0.2) is 18.4 Å². The Labute approximate surface area is 142 Å². The molecule has 0 saturated carbocycles. The molecule has 0 aromatic heterocycles. The molecule has 124 valence electrons. The summed E-state index contributed by atoms with van der Waals surface area (Å²) in [6.07, 6.45) is 0.255. The van der Waals surface area contributed by atoms with E-state index in [-0.39, 0.29) is 24.2 Å². The Bertz CT molecular complexity index is 781. The number of amides is 2. The molecule has 1 heterocycles. The first kappa shape index (κ1) is 16.2. The van der Waals surface area contributed by atoms with Crippen molar-refractivity contribution in [2.45, 2.75) is 27.2 Å². The van der Waals surface area contributed by atoms with Gasteiger partial charge in [0.25, 0.3) is 0 Å². The standard InChI is InChI=1S/C20H22N2O2/c1-13-4-8-18(9-5-13)22-12-16(11-19(22)23)20(24)21-17-7-6-14(2)15(3)10-17/h4-10,16H,11-12H2,1-3H3,(H,21,24)/t16-/m1/s1. The van der Waals surface area contributed by atoms with Gasteiger partial charge in [-0.2, -0.15) is 0 Å². The summed E-state index contributed by atoms with van der Waals surface area (Å²) in [5.41, 5.74) is 5.11. The third-order valence-electron chi connectivity index (χ3n) is 4.62. The van der Waals surface area contributed by atoms with E-state index in [2.05, 4.69) is 5.32 Å². The zero-order chi connectivity index (χ0) is 17.3. The van der Waals surface area contributed by atoms with Crippen LogP contribution < -0.4 is 10.2 Å². The van der Waals surface area contributed by atoms with Crippen molar-refractivity contribution in [2.75, 3.05) is 16.8 Å². The molecule has 24 heavy (non-hydrogen) atoms. The molecular formula is C20H22N2O2. The second kappa shape index (κ2) is 6.48. The number of aryl methyl sites for hydroxylation is 3. The van der Waals surface area contributed by atoms with E-state index in [9.17, 15) is 9.59 Å². The number of benzene rings is 2. The Morgan fingerprint density at radius 1 is 1.04 bits per heavy atom. The fraction of sp³-hybridized carbons (Fsp3) is 0.300. The zero-order valence-corrected chi connectivity index (χ0v) is 14.3. The van der Waals surface area contributed by atoms with E-state index < -0.39 is 0 Å². The Hall–Kier alpha value is -2.62. The highest BCUT2D eigenvalue weighted by Crippen LogP contribution is 2.26. The third-order valence-corrected chi connectivity index (χ3v) is 4.62. The first-order valence-electron chi connectivity index (χ1n) is 8.19. The van der Waals surface area contributed by atoms with Crippen LogP contribution in [0.5, 0.6) is 0 Å². The minimum atomic E-state index is -0.319. The fourth-order valence-electron chi connectivity index (χ4n) is 2.92. The number of rotatable bonds is 3. The van der Waals surface area contributed by atoms with E-state index in [1.165, 1.54) is 5.56 Å². The van der Waals surface area contributed by atoms with Crippen LogP contribution in [0, 0.1) is 26.7 Å². The first-order valence-corrected chi connectivity index (χ1v) is 8.19. The normalized spacial score (nSPS) is 17.2. The molecule has 0 spiro atoms. The second-order valence-corrected chi connectivity index (χ2v) is 6.53. The summed E-state index contributed by atoms with van der Waals surface area (Å²) in [6, 6.07) is 13.7. The minimum Gasteiger partial charge on any atom is -0.326 e. The van der Waals surface area contributed by atoms with Crippen molar-refractivity contribution in [3.05, 3.63) is 59.2 Å². The summed E-state index contributed by atoms with van der Waals surface area (Å²) in [5, 5.41) is 2.94. The highest BCUT2D eigenvalue weighted by Gasteiger charge is 2.35. The van der Waals surface area contributed by atoms with Gasteiger partial charge in [-0.3, -0.25) is 9.59 Å². The molecule has 1 aliphatic rings. The SMILES string of the molecule is Cc1ccc(N2C[C@H](C(=O)Nc3ccc(C)c(C)c3)CC2=O)cc1. The van der Waals surface area contributed by atoms with E-state index in [1.807, 2.05) is 63.2 Å². The number of nitrogens with one attached hydrogen (secondary N) is 1. The van der Waals surface area contributed by atoms with Crippen LogP contribution in [0.4, 0.5) is 11.4 Å². The van der Waals surface area contributed by atoms with Gasteiger partial charge in [-0.1, -0.05) is 23.8 Å². The van der Waals surface area contributed by atoms with Gasteiger partial charge >= 0.3 is 0 Å². The molecule has 2 aromatic carbocycles. The fourth-order valence-corrected chi connectivity index (χ4v) is 2.92. The average Bonchev–Trinajstić information content (AvgIpc) is 2.94. The Balaban J connectivity index is 1.69. The lowest BCUT2D eigenvalue weighted by Crippen LogP contribution is -2.28. The van der Waals surface area contributed by atoms with Crippen LogP contribution in [-0.2, 0) is 9.59 Å². The van der Waals surface area contributed by atoms with Gasteiger partial charge in [0.1, 0.15) is 0 Å². The monoisotopic (exact) mass is 322 g/mol. The number of anilines is 2. The number of carbonyl (C=O) groups is 2.